The van der Waals surface area contributed by atoms with Gasteiger partial charge in [0.1, 0.15) is 5.82 Å². The van der Waals surface area contributed by atoms with Gasteiger partial charge in [0.25, 0.3) is 0 Å². The molecule has 1 atom stereocenters. The lowest BCUT2D eigenvalue weighted by Crippen LogP contribution is -2.32. The minimum atomic E-state index is -0.358. The summed E-state index contributed by atoms with van der Waals surface area (Å²) in [4.78, 5) is 2.25. The van der Waals surface area contributed by atoms with Crippen LogP contribution in [0.25, 0.3) is 0 Å². The summed E-state index contributed by atoms with van der Waals surface area (Å²) in [5, 5.41) is 10.2. The number of halogens is 1. The van der Waals surface area contributed by atoms with Crippen molar-refractivity contribution >= 4 is 0 Å². The highest BCUT2D eigenvalue weighted by atomic mass is 19.1. The second kappa shape index (κ2) is 9.49. The SMILES string of the molecule is CC[C@@H](O)CN(Cc1ccccc1)Cc1cccn1Cc1ccccc1F. The number of rotatable bonds is 9. The van der Waals surface area contributed by atoms with Crippen LogP contribution < -0.4 is 0 Å². The van der Waals surface area contributed by atoms with Crippen molar-refractivity contribution in [3.63, 3.8) is 0 Å². The molecule has 4 heteroatoms. The molecular formula is C23H27FN2O. The van der Waals surface area contributed by atoms with Gasteiger partial charge < -0.3 is 9.67 Å². The average molecular weight is 366 g/mol. The van der Waals surface area contributed by atoms with Crippen LogP contribution >= 0.6 is 0 Å². The first-order chi connectivity index (χ1) is 13.2. The fraction of sp³-hybridized carbons (Fsp3) is 0.304. The summed E-state index contributed by atoms with van der Waals surface area (Å²) in [5.74, 6) is -0.181. The summed E-state index contributed by atoms with van der Waals surface area (Å²) in [6.07, 6.45) is 2.35. The third kappa shape index (κ3) is 5.52. The van der Waals surface area contributed by atoms with Crippen LogP contribution in [-0.2, 0) is 19.6 Å². The van der Waals surface area contributed by atoms with Crippen LogP contribution in [0.3, 0.4) is 0 Å². The third-order valence-electron chi connectivity index (χ3n) is 4.80. The Labute approximate surface area is 160 Å². The highest BCUT2D eigenvalue weighted by Crippen LogP contribution is 2.15. The second-order valence-corrected chi connectivity index (χ2v) is 6.94. The Morgan fingerprint density at radius 3 is 2.44 bits per heavy atom. The van der Waals surface area contributed by atoms with Crippen molar-refractivity contribution in [3.05, 3.63) is 95.6 Å². The van der Waals surface area contributed by atoms with Crippen molar-refractivity contribution in [1.29, 1.82) is 0 Å². The molecule has 27 heavy (non-hydrogen) atoms. The molecule has 0 aliphatic heterocycles. The van der Waals surface area contributed by atoms with E-state index in [-0.39, 0.29) is 11.9 Å². The Hall–Kier alpha value is -2.43. The predicted octanol–water partition coefficient (Wildman–Crippen LogP) is 4.45. The molecule has 1 N–H and O–H groups in total. The van der Waals surface area contributed by atoms with Crippen LogP contribution in [-0.4, -0.2) is 27.2 Å². The van der Waals surface area contributed by atoms with Crippen LogP contribution in [0, 0.1) is 5.82 Å². The molecular weight excluding hydrogens is 339 g/mol. The topological polar surface area (TPSA) is 28.4 Å². The van der Waals surface area contributed by atoms with Crippen LogP contribution in [0.2, 0.25) is 0 Å². The lowest BCUT2D eigenvalue weighted by atomic mass is 10.1. The molecule has 0 saturated carbocycles. The smallest absolute Gasteiger partial charge is 0.128 e. The number of benzene rings is 2. The summed E-state index contributed by atoms with van der Waals surface area (Å²) < 4.78 is 16.1. The third-order valence-corrected chi connectivity index (χ3v) is 4.80. The molecule has 0 unspecified atom stereocenters. The number of aliphatic hydroxyl groups excluding tert-OH is 1. The molecule has 0 radical (unpaired) electrons. The maximum Gasteiger partial charge on any atom is 0.128 e. The van der Waals surface area contributed by atoms with E-state index in [4.69, 9.17) is 0 Å². The Morgan fingerprint density at radius 2 is 1.70 bits per heavy atom. The monoisotopic (exact) mass is 366 g/mol. The maximum absolute atomic E-state index is 14.0. The quantitative estimate of drug-likeness (QED) is 0.606. The van der Waals surface area contributed by atoms with Crippen molar-refractivity contribution < 1.29 is 9.50 Å². The highest BCUT2D eigenvalue weighted by molar-refractivity contribution is 5.20. The van der Waals surface area contributed by atoms with Gasteiger partial charge in [-0.05, 0) is 30.2 Å². The summed E-state index contributed by atoms with van der Waals surface area (Å²) in [6, 6.07) is 21.2. The van der Waals surface area contributed by atoms with Crippen LogP contribution in [0.5, 0.6) is 0 Å². The largest absolute Gasteiger partial charge is 0.392 e. The van der Waals surface area contributed by atoms with Gasteiger partial charge in [-0.3, -0.25) is 4.90 Å². The molecule has 0 spiro atoms. The molecule has 3 aromatic rings. The van der Waals surface area contributed by atoms with E-state index in [1.165, 1.54) is 11.6 Å². The van der Waals surface area contributed by atoms with Crippen molar-refractivity contribution in [1.82, 2.24) is 9.47 Å². The van der Waals surface area contributed by atoms with Gasteiger partial charge in [-0.1, -0.05) is 55.5 Å². The molecule has 3 rings (SSSR count). The van der Waals surface area contributed by atoms with Gasteiger partial charge in [-0.2, -0.15) is 0 Å². The Morgan fingerprint density at radius 1 is 0.963 bits per heavy atom. The zero-order chi connectivity index (χ0) is 19.1. The molecule has 0 aliphatic carbocycles. The van der Waals surface area contributed by atoms with Gasteiger partial charge in [0, 0.05) is 37.1 Å². The molecule has 0 saturated heterocycles. The number of hydrogen-bond acceptors (Lipinski definition) is 2. The van der Waals surface area contributed by atoms with Gasteiger partial charge in [0.15, 0.2) is 0 Å². The van der Waals surface area contributed by atoms with Crippen molar-refractivity contribution in [3.8, 4) is 0 Å². The van der Waals surface area contributed by atoms with E-state index in [1.54, 1.807) is 6.07 Å². The van der Waals surface area contributed by atoms with E-state index in [2.05, 4.69) is 27.7 Å². The van der Waals surface area contributed by atoms with Crippen LogP contribution in [0.1, 0.15) is 30.2 Å². The first-order valence-corrected chi connectivity index (χ1v) is 9.47. The molecule has 2 aromatic carbocycles. The standard InChI is InChI=1S/C23H27FN2O/c1-2-22(27)18-25(15-19-9-4-3-5-10-19)17-21-12-8-14-26(21)16-20-11-6-7-13-23(20)24/h3-14,22,27H,2,15-18H2,1H3/t22-/m1/s1. The summed E-state index contributed by atoms with van der Waals surface area (Å²) >= 11 is 0. The highest BCUT2D eigenvalue weighted by Gasteiger charge is 2.14. The zero-order valence-corrected chi connectivity index (χ0v) is 15.8. The zero-order valence-electron chi connectivity index (χ0n) is 15.8. The van der Waals surface area contributed by atoms with Gasteiger partial charge in [-0.15, -0.1) is 0 Å². The van der Waals surface area contributed by atoms with Crippen molar-refractivity contribution in [2.24, 2.45) is 0 Å². The van der Waals surface area contributed by atoms with E-state index in [0.29, 0.717) is 25.2 Å². The minimum Gasteiger partial charge on any atom is -0.392 e. The van der Waals surface area contributed by atoms with E-state index in [0.717, 1.165) is 18.7 Å². The molecule has 0 fully saturated rings. The Kier molecular flexibility index (Phi) is 6.80. The van der Waals surface area contributed by atoms with E-state index in [9.17, 15) is 9.50 Å². The molecule has 1 heterocycles. The first-order valence-electron chi connectivity index (χ1n) is 9.47. The lowest BCUT2D eigenvalue weighted by Gasteiger charge is -2.25. The molecule has 142 valence electrons. The minimum absolute atomic E-state index is 0.181. The normalized spacial score (nSPS) is 12.4. The Balaban J connectivity index is 1.75. The van der Waals surface area contributed by atoms with Crippen LogP contribution in [0.15, 0.2) is 72.9 Å². The number of aromatic nitrogens is 1. The number of aliphatic hydroxyl groups is 1. The van der Waals surface area contributed by atoms with Crippen LogP contribution in [0.4, 0.5) is 4.39 Å². The molecule has 1 aromatic heterocycles. The Bertz CT molecular complexity index is 831. The summed E-state index contributed by atoms with van der Waals surface area (Å²) in [6.45, 7) is 4.57. The summed E-state index contributed by atoms with van der Waals surface area (Å²) in [7, 11) is 0. The van der Waals surface area contributed by atoms with Gasteiger partial charge in [0.05, 0.1) is 12.6 Å². The second-order valence-electron chi connectivity index (χ2n) is 6.94. The molecule has 0 bridgehead atoms. The molecule has 0 aliphatic rings. The summed E-state index contributed by atoms with van der Waals surface area (Å²) in [5.41, 5.74) is 3.00. The maximum atomic E-state index is 14.0. The van der Waals surface area contributed by atoms with E-state index < -0.39 is 0 Å². The van der Waals surface area contributed by atoms with E-state index >= 15 is 0 Å². The molecule has 3 nitrogen and oxygen atoms in total. The van der Waals surface area contributed by atoms with Gasteiger partial charge in [-0.25, -0.2) is 4.39 Å². The number of hydrogen-bond donors (Lipinski definition) is 1. The lowest BCUT2D eigenvalue weighted by molar-refractivity contribution is 0.100. The van der Waals surface area contributed by atoms with Crippen molar-refractivity contribution in [2.75, 3.05) is 6.54 Å². The predicted molar refractivity (Wildman–Crippen MR) is 107 cm³/mol. The van der Waals surface area contributed by atoms with Gasteiger partial charge in [0.2, 0.25) is 0 Å². The first kappa shape index (κ1) is 19.3. The fourth-order valence-electron chi connectivity index (χ4n) is 3.24. The van der Waals surface area contributed by atoms with Gasteiger partial charge >= 0.3 is 0 Å². The molecule has 0 amide bonds. The van der Waals surface area contributed by atoms with E-state index in [1.807, 2.05) is 49.5 Å². The number of nitrogens with zero attached hydrogens (tertiary/aromatic N) is 2. The average Bonchev–Trinajstić information content (AvgIpc) is 3.11. The van der Waals surface area contributed by atoms with Crippen molar-refractivity contribution in [2.45, 2.75) is 39.1 Å². The fourth-order valence-corrected chi connectivity index (χ4v) is 3.24.